The lowest BCUT2D eigenvalue weighted by atomic mass is 9.99. The third kappa shape index (κ3) is 4.37. The van der Waals surface area contributed by atoms with Crippen LogP contribution in [0.15, 0.2) is 18.2 Å². The monoisotopic (exact) mass is 303 g/mol. The van der Waals surface area contributed by atoms with Crippen LogP contribution >= 0.6 is 23.2 Å². The predicted octanol–water partition coefficient (Wildman–Crippen LogP) is 3.67. The number of carbonyl (C=O) groups is 1. The van der Waals surface area contributed by atoms with E-state index in [1.807, 2.05) is 13.8 Å². The maximum atomic E-state index is 11.8. The van der Waals surface area contributed by atoms with Crippen LogP contribution in [0.3, 0.4) is 0 Å². The van der Waals surface area contributed by atoms with Crippen LogP contribution in [0.5, 0.6) is 0 Å². The highest BCUT2D eigenvalue weighted by Gasteiger charge is 2.24. The Labute approximate surface area is 124 Å². The van der Waals surface area contributed by atoms with Crippen LogP contribution in [0.4, 0.5) is 0 Å². The van der Waals surface area contributed by atoms with Crippen molar-refractivity contribution in [1.29, 1.82) is 0 Å². The second-order valence-corrected chi connectivity index (χ2v) is 5.28. The van der Waals surface area contributed by atoms with Gasteiger partial charge in [-0.2, -0.15) is 0 Å². The summed E-state index contributed by atoms with van der Waals surface area (Å²) in [5.41, 5.74) is 0.794. The van der Waals surface area contributed by atoms with Crippen LogP contribution in [0.2, 0.25) is 10.0 Å². The molecule has 0 saturated heterocycles. The molecule has 2 unspecified atom stereocenters. The number of carbonyl (C=O) groups excluding carboxylic acids is 1. The van der Waals surface area contributed by atoms with E-state index in [1.54, 1.807) is 18.2 Å². The first-order chi connectivity index (χ1) is 9.01. The molecule has 2 atom stereocenters. The van der Waals surface area contributed by atoms with Gasteiger partial charge < -0.3 is 4.74 Å². The van der Waals surface area contributed by atoms with Gasteiger partial charge in [-0.3, -0.25) is 10.1 Å². The molecule has 19 heavy (non-hydrogen) atoms. The van der Waals surface area contributed by atoms with Gasteiger partial charge in [-0.15, -0.1) is 0 Å². The van der Waals surface area contributed by atoms with Gasteiger partial charge in [0.25, 0.3) is 0 Å². The first-order valence-electron chi connectivity index (χ1n) is 6.25. The number of rotatable bonds is 6. The maximum absolute atomic E-state index is 11.8. The molecular formula is C14H19Cl2NO2. The van der Waals surface area contributed by atoms with E-state index in [0.29, 0.717) is 16.6 Å². The smallest absolute Gasteiger partial charge is 0.323 e. The molecule has 0 fully saturated rings. The second kappa shape index (κ2) is 7.73. The van der Waals surface area contributed by atoms with Crippen LogP contribution in [0.1, 0.15) is 25.8 Å². The Morgan fingerprint density at radius 3 is 2.42 bits per heavy atom. The van der Waals surface area contributed by atoms with Crippen LogP contribution in [-0.4, -0.2) is 19.1 Å². The van der Waals surface area contributed by atoms with Crippen LogP contribution in [-0.2, 0) is 16.1 Å². The molecule has 106 valence electrons. The van der Waals surface area contributed by atoms with Gasteiger partial charge in [0.1, 0.15) is 6.04 Å². The third-order valence-electron chi connectivity index (χ3n) is 3.23. The highest BCUT2D eigenvalue weighted by atomic mass is 35.5. The lowest BCUT2D eigenvalue weighted by molar-refractivity contribution is -0.144. The normalized spacial score (nSPS) is 13.9. The zero-order valence-corrected chi connectivity index (χ0v) is 12.9. The van der Waals surface area contributed by atoms with Gasteiger partial charge in [0, 0.05) is 22.2 Å². The van der Waals surface area contributed by atoms with Crippen molar-refractivity contribution in [1.82, 2.24) is 5.32 Å². The van der Waals surface area contributed by atoms with E-state index in [2.05, 4.69) is 5.32 Å². The van der Waals surface area contributed by atoms with Crippen molar-refractivity contribution in [3.8, 4) is 0 Å². The molecule has 0 radical (unpaired) electrons. The van der Waals surface area contributed by atoms with Crippen molar-refractivity contribution in [2.45, 2.75) is 32.9 Å². The quantitative estimate of drug-likeness (QED) is 0.815. The molecule has 0 spiro atoms. The SMILES string of the molecule is CCC(C)C(NCc1c(Cl)cccc1Cl)C(=O)OC. The number of ether oxygens (including phenoxy) is 1. The first kappa shape index (κ1) is 16.3. The Kier molecular flexibility index (Phi) is 6.63. The molecule has 0 aliphatic carbocycles. The number of esters is 1. The molecule has 1 rings (SSSR count). The molecule has 0 aliphatic rings. The topological polar surface area (TPSA) is 38.3 Å². The highest BCUT2D eigenvalue weighted by Crippen LogP contribution is 2.24. The van der Waals surface area contributed by atoms with E-state index in [1.165, 1.54) is 7.11 Å². The average molecular weight is 304 g/mol. The maximum Gasteiger partial charge on any atom is 0.323 e. The average Bonchev–Trinajstić information content (AvgIpc) is 2.40. The minimum Gasteiger partial charge on any atom is -0.468 e. The van der Waals surface area contributed by atoms with Crippen molar-refractivity contribution >= 4 is 29.2 Å². The van der Waals surface area contributed by atoms with Crippen LogP contribution in [0.25, 0.3) is 0 Å². The molecule has 0 bridgehead atoms. The zero-order chi connectivity index (χ0) is 14.4. The molecule has 0 aliphatic heterocycles. The van der Waals surface area contributed by atoms with Gasteiger partial charge in [0.05, 0.1) is 7.11 Å². The molecule has 3 nitrogen and oxygen atoms in total. The minimum absolute atomic E-state index is 0.175. The Morgan fingerprint density at radius 2 is 1.95 bits per heavy atom. The number of nitrogens with one attached hydrogen (secondary N) is 1. The summed E-state index contributed by atoms with van der Waals surface area (Å²) >= 11 is 12.2. The van der Waals surface area contributed by atoms with Crippen molar-refractivity contribution in [3.05, 3.63) is 33.8 Å². The Morgan fingerprint density at radius 1 is 1.37 bits per heavy atom. The van der Waals surface area contributed by atoms with E-state index in [-0.39, 0.29) is 17.9 Å². The molecular weight excluding hydrogens is 285 g/mol. The highest BCUT2D eigenvalue weighted by molar-refractivity contribution is 6.35. The Balaban J connectivity index is 2.79. The number of hydrogen-bond donors (Lipinski definition) is 1. The van der Waals surface area contributed by atoms with Gasteiger partial charge >= 0.3 is 5.97 Å². The molecule has 1 N–H and O–H groups in total. The summed E-state index contributed by atoms with van der Waals surface area (Å²) in [6.45, 7) is 4.47. The Bertz CT molecular complexity index is 417. The molecule has 0 saturated carbocycles. The molecule has 0 aromatic heterocycles. The number of benzene rings is 1. The van der Waals surface area contributed by atoms with E-state index in [4.69, 9.17) is 27.9 Å². The van der Waals surface area contributed by atoms with Crippen molar-refractivity contribution in [2.75, 3.05) is 7.11 Å². The fraction of sp³-hybridized carbons (Fsp3) is 0.500. The summed E-state index contributed by atoms with van der Waals surface area (Å²) in [4.78, 5) is 11.8. The molecule has 1 aromatic carbocycles. The van der Waals surface area contributed by atoms with E-state index >= 15 is 0 Å². The van der Waals surface area contributed by atoms with Gasteiger partial charge in [0.15, 0.2) is 0 Å². The predicted molar refractivity (Wildman–Crippen MR) is 78.6 cm³/mol. The lowest BCUT2D eigenvalue weighted by Crippen LogP contribution is -2.42. The molecule has 5 heteroatoms. The van der Waals surface area contributed by atoms with Crippen LogP contribution in [0, 0.1) is 5.92 Å². The van der Waals surface area contributed by atoms with E-state index in [9.17, 15) is 4.79 Å². The zero-order valence-electron chi connectivity index (χ0n) is 11.4. The fourth-order valence-corrected chi connectivity index (χ4v) is 2.32. The molecule has 0 heterocycles. The summed E-state index contributed by atoms with van der Waals surface area (Å²) in [6.07, 6.45) is 0.878. The van der Waals surface area contributed by atoms with E-state index < -0.39 is 0 Å². The Hall–Kier alpha value is -0.770. The number of hydrogen-bond acceptors (Lipinski definition) is 3. The number of halogens is 2. The standard InChI is InChI=1S/C14H19Cl2NO2/c1-4-9(2)13(14(18)19-3)17-8-10-11(15)6-5-7-12(10)16/h5-7,9,13,17H,4,8H2,1-3H3. The fourth-order valence-electron chi connectivity index (χ4n) is 1.79. The third-order valence-corrected chi connectivity index (χ3v) is 3.94. The first-order valence-corrected chi connectivity index (χ1v) is 7.00. The van der Waals surface area contributed by atoms with Gasteiger partial charge in [0.2, 0.25) is 0 Å². The van der Waals surface area contributed by atoms with E-state index in [0.717, 1.165) is 12.0 Å². The lowest BCUT2D eigenvalue weighted by Gasteiger charge is -2.22. The largest absolute Gasteiger partial charge is 0.468 e. The minimum atomic E-state index is -0.359. The summed E-state index contributed by atoms with van der Waals surface area (Å²) in [5.74, 6) is -0.0914. The van der Waals surface area contributed by atoms with Crippen molar-refractivity contribution in [3.63, 3.8) is 0 Å². The van der Waals surface area contributed by atoms with Crippen molar-refractivity contribution in [2.24, 2.45) is 5.92 Å². The van der Waals surface area contributed by atoms with Gasteiger partial charge in [-0.1, -0.05) is 49.5 Å². The van der Waals surface area contributed by atoms with Crippen LogP contribution < -0.4 is 5.32 Å². The van der Waals surface area contributed by atoms with Gasteiger partial charge in [-0.25, -0.2) is 0 Å². The number of methoxy groups -OCH3 is 1. The summed E-state index contributed by atoms with van der Waals surface area (Å²) in [5, 5.41) is 4.36. The summed E-state index contributed by atoms with van der Waals surface area (Å²) in [6, 6.07) is 4.99. The molecule has 1 aromatic rings. The molecule has 0 amide bonds. The van der Waals surface area contributed by atoms with Gasteiger partial charge in [-0.05, 0) is 18.1 Å². The summed E-state index contributed by atoms with van der Waals surface area (Å²) in [7, 11) is 1.39. The second-order valence-electron chi connectivity index (χ2n) is 4.47. The summed E-state index contributed by atoms with van der Waals surface area (Å²) < 4.78 is 4.82. The van der Waals surface area contributed by atoms with Crippen molar-refractivity contribution < 1.29 is 9.53 Å².